The van der Waals surface area contributed by atoms with E-state index < -0.39 is 0 Å². The predicted molar refractivity (Wildman–Crippen MR) is 75.3 cm³/mol. The van der Waals surface area contributed by atoms with Gasteiger partial charge in [0.25, 0.3) is 0 Å². The van der Waals surface area contributed by atoms with Gasteiger partial charge in [0.15, 0.2) is 5.96 Å². The van der Waals surface area contributed by atoms with Crippen LogP contribution in [0.4, 0.5) is 0 Å². The summed E-state index contributed by atoms with van der Waals surface area (Å²) in [6.45, 7) is 1.72. The summed E-state index contributed by atoms with van der Waals surface area (Å²) in [5.41, 5.74) is 7.25. The first-order valence-electron chi connectivity index (χ1n) is 5.90. The molecule has 0 aromatic heterocycles. The third kappa shape index (κ3) is 3.16. The summed E-state index contributed by atoms with van der Waals surface area (Å²) in [5, 5.41) is 0. The monoisotopic (exact) mass is 249 g/mol. The zero-order chi connectivity index (χ0) is 12.1. The van der Waals surface area contributed by atoms with E-state index in [1.54, 1.807) is 0 Å². The third-order valence-electron chi connectivity index (χ3n) is 3.05. The van der Waals surface area contributed by atoms with Gasteiger partial charge in [0.05, 0.1) is 12.6 Å². The summed E-state index contributed by atoms with van der Waals surface area (Å²) >= 11 is 1.88. The Hall–Kier alpha value is -1.16. The van der Waals surface area contributed by atoms with Crippen LogP contribution in [0.25, 0.3) is 0 Å². The fourth-order valence-corrected chi connectivity index (χ4v) is 2.57. The highest BCUT2D eigenvalue weighted by atomic mass is 32.2. The Balaban J connectivity index is 1.99. The molecular formula is C13H19N3S. The number of hydrogen-bond acceptors (Lipinski definition) is 4. The Morgan fingerprint density at radius 3 is 2.88 bits per heavy atom. The number of hydrogen-bond donors (Lipinski definition) is 1. The smallest absolute Gasteiger partial charge is 0.191 e. The summed E-state index contributed by atoms with van der Waals surface area (Å²) < 4.78 is 0. The Kier molecular flexibility index (Phi) is 4.31. The van der Waals surface area contributed by atoms with Gasteiger partial charge in [-0.1, -0.05) is 30.3 Å². The van der Waals surface area contributed by atoms with Gasteiger partial charge in [0.1, 0.15) is 0 Å². The molecule has 17 heavy (non-hydrogen) atoms. The van der Waals surface area contributed by atoms with Crippen molar-refractivity contribution in [1.29, 1.82) is 0 Å². The Morgan fingerprint density at radius 2 is 2.18 bits per heavy atom. The molecule has 1 unspecified atom stereocenters. The first kappa shape index (κ1) is 12.3. The number of benzene rings is 1. The molecule has 0 radical (unpaired) electrons. The highest BCUT2D eigenvalue weighted by Gasteiger charge is 2.25. The summed E-state index contributed by atoms with van der Waals surface area (Å²) in [7, 11) is 0. The van der Waals surface area contributed by atoms with E-state index in [9.17, 15) is 0 Å². The van der Waals surface area contributed by atoms with Crippen LogP contribution < -0.4 is 5.73 Å². The SMILES string of the molecule is CSCCC1CN=C(N)N1Cc1ccccc1. The van der Waals surface area contributed by atoms with E-state index in [1.165, 1.54) is 11.3 Å². The number of guanidine groups is 1. The van der Waals surface area contributed by atoms with Gasteiger partial charge in [0, 0.05) is 6.54 Å². The summed E-state index contributed by atoms with van der Waals surface area (Å²) in [4.78, 5) is 6.59. The van der Waals surface area contributed by atoms with Crippen LogP contribution in [0, 0.1) is 0 Å². The second-order valence-corrected chi connectivity index (χ2v) is 5.23. The van der Waals surface area contributed by atoms with Crippen molar-refractivity contribution in [2.45, 2.75) is 19.0 Å². The van der Waals surface area contributed by atoms with Crippen LogP contribution in [0.2, 0.25) is 0 Å². The second kappa shape index (κ2) is 5.96. The fourth-order valence-electron chi connectivity index (χ4n) is 2.07. The van der Waals surface area contributed by atoms with Crippen LogP contribution in [-0.2, 0) is 6.54 Å². The van der Waals surface area contributed by atoms with Crippen LogP contribution in [0.3, 0.4) is 0 Å². The van der Waals surface area contributed by atoms with Crippen LogP contribution in [0.1, 0.15) is 12.0 Å². The lowest BCUT2D eigenvalue weighted by Crippen LogP contribution is -2.40. The summed E-state index contributed by atoms with van der Waals surface area (Å²) in [6.07, 6.45) is 3.29. The van der Waals surface area contributed by atoms with Crippen LogP contribution >= 0.6 is 11.8 Å². The van der Waals surface area contributed by atoms with Gasteiger partial charge in [0.2, 0.25) is 0 Å². The first-order valence-corrected chi connectivity index (χ1v) is 7.30. The number of nitrogens with zero attached hydrogens (tertiary/aromatic N) is 2. The van der Waals surface area contributed by atoms with E-state index in [0.717, 1.165) is 19.5 Å². The highest BCUT2D eigenvalue weighted by Crippen LogP contribution is 2.17. The van der Waals surface area contributed by atoms with Crippen LogP contribution in [0.5, 0.6) is 0 Å². The molecule has 0 saturated heterocycles. The molecule has 0 bridgehead atoms. The minimum Gasteiger partial charge on any atom is -0.370 e. The van der Waals surface area contributed by atoms with E-state index in [1.807, 2.05) is 17.8 Å². The molecule has 2 N–H and O–H groups in total. The van der Waals surface area contributed by atoms with Crippen molar-refractivity contribution < 1.29 is 0 Å². The molecular weight excluding hydrogens is 230 g/mol. The molecule has 1 heterocycles. The average molecular weight is 249 g/mol. The second-order valence-electron chi connectivity index (χ2n) is 4.25. The molecule has 1 aliphatic heterocycles. The van der Waals surface area contributed by atoms with Gasteiger partial charge < -0.3 is 10.6 Å². The van der Waals surface area contributed by atoms with E-state index in [2.05, 4.69) is 40.4 Å². The largest absolute Gasteiger partial charge is 0.370 e. The lowest BCUT2D eigenvalue weighted by atomic mass is 10.1. The van der Waals surface area contributed by atoms with E-state index in [4.69, 9.17) is 5.73 Å². The van der Waals surface area contributed by atoms with E-state index >= 15 is 0 Å². The van der Waals surface area contributed by atoms with E-state index in [-0.39, 0.29) is 0 Å². The van der Waals surface area contributed by atoms with Crippen LogP contribution in [-0.4, -0.2) is 35.5 Å². The molecule has 1 aliphatic rings. The maximum atomic E-state index is 5.96. The first-order chi connectivity index (χ1) is 8.31. The summed E-state index contributed by atoms with van der Waals surface area (Å²) in [6, 6.07) is 10.9. The van der Waals surface area contributed by atoms with Gasteiger partial charge in [-0.25, -0.2) is 0 Å². The zero-order valence-corrected chi connectivity index (χ0v) is 11.0. The van der Waals surface area contributed by atoms with Crippen LogP contribution in [0.15, 0.2) is 35.3 Å². The molecule has 1 atom stereocenters. The molecule has 1 aromatic carbocycles. The zero-order valence-electron chi connectivity index (χ0n) is 10.2. The minimum absolute atomic E-state index is 0.475. The normalized spacial score (nSPS) is 19.5. The topological polar surface area (TPSA) is 41.6 Å². The van der Waals surface area contributed by atoms with Gasteiger partial charge >= 0.3 is 0 Å². The maximum absolute atomic E-state index is 5.96. The van der Waals surface area contributed by atoms with Gasteiger partial charge in [-0.3, -0.25) is 4.99 Å². The van der Waals surface area contributed by atoms with E-state index in [0.29, 0.717) is 12.0 Å². The lowest BCUT2D eigenvalue weighted by Gasteiger charge is -2.26. The number of nitrogens with two attached hydrogens (primary N) is 1. The molecule has 0 spiro atoms. The average Bonchev–Trinajstić information content (AvgIpc) is 2.70. The Morgan fingerprint density at radius 1 is 1.41 bits per heavy atom. The standard InChI is InChI=1S/C13H19N3S/c1-17-8-7-12-9-15-13(14)16(12)10-11-5-3-2-4-6-11/h2-6,12H,7-10H2,1H3,(H2,14,15). The number of aliphatic imine (C=N–C) groups is 1. The van der Waals surface area contributed by atoms with Gasteiger partial charge in [-0.15, -0.1) is 0 Å². The number of thioether (sulfide) groups is 1. The van der Waals surface area contributed by atoms with Crippen molar-refractivity contribution in [3.05, 3.63) is 35.9 Å². The number of rotatable bonds is 5. The Labute approximate surface area is 107 Å². The quantitative estimate of drug-likeness (QED) is 0.867. The van der Waals surface area contributed by atoms with Crippen molar-refractivity contribution in [3.8, 4) is 0 Å². The molecule has 0 fully saturated rings. The Bertz CT molecular complexity index is 378. The minimum atomic E-state index is 0.475. The van der Waals surface area contributed by atoms with Crippen molar-refractivity contribution in [2.75, 3.05) is 18.6 Å². The molecule has 4 heteroatoms. The third-order valence-corrected chi connectivity index (χ3v) is 3.69. The highest BCUT2D eigenvalue weighted by molar-refractivity contribution is 7.98. The van der Waals surface area contributed by atoms with Gasteiger partial charge in [-0.05, 0) is 24.0 Å². The van der Waals surface area contributed by atoms with Gasteiger partial charge in [-0.2, -0.15) is 11.8 Å². The predicted octanol–water partition coefficient (Wildman–Crippen LogP) is 1.94. The molecule has 2 rings (SSSR count). The maximum Gasteiger partial charge on any atom is 0.191 e. The van der Waals surface area contributed by atoms with Crippen molar-refractivity contribution in [1.82, 2.24) is 4.90 Å². The lowest BCUT2D eigenvalue weighted by molar-refractivity contribution is 0.327. The summed E-state index contributed by atoms with van der Waals surface area (Å²) in [5.74, 6) is 1.86. The molecule has 0 amide bonds. The fraction of sp³-hybridized carbons (Fsp3) is 0.462. The van der Waals surface area contributed by atoms with Crippen molar-refractivity contribution in [2.24, 2.45) is 10.7 Å². The molecule has 0 aliphatic carbocycles. The molecule has 92 valence electrons. The molecule has 3 nitrogen and oxygen atoms in total. The molecule has 1 aromatic rings. The van der Waals surface area contributed by atoms with Crippen molar-refractivity contribution in [3.63, 3.8) is 0 Å². The van der Waals surface area contributed by atoms with Crippen molar-refractivity contribution >= 4 is 17.7 Å². The molecule has 0 saturated carbocycles.